The van der Waals surface area contributed by atoms with Gasteiger partial charge in [-0.05, 0) is 43.9 Å². The van der Waals surface area contributed by atoms with E-state index in [2.05, 4.69) is 18.2 Å². The van der Waals surface area contributed by atoms with Crippen molar-refractivity contribution in [3.05, 3.63) is 29.3 Å². The Morgan fingerprint density at radius 2 is 2.25 bits per heavy atom. The molecular formula is C13H18N2O. The largest absolute Gasteiger partial charge is 0.320 e. The number of aryl methyl sites for hydroxylation is 2. The van der Waals surface area contributed by atoms with Crippen LogP contribution in [-0.4, -0.2) is 18.5 Å². The van der Waals surface area contributed by atoms with E-state index in [9.17, 15) is 4.79 Å². The zero-order valence-corrected chi connectivity index (χ0v) is 9.86. The Balaban J connectivity index is 2.39. The predicted octanol–water partition coefficient (Wildman–Crippen LogP) is 1.62. The predicted molar refractivity (Wildman–Crippen MR) is 65.5 cm³/mol. The van der Waals surface area contributed by atoms with Crippen LogP contribution in [0.2, 0.25) is 0 Å². The quantitative estimate of drug-likeness (QED) is 0.778. The van der Waals surface area contributed by atoms with E-state index in [1.807, 2.05) is 11.8 Å². The molecule has 86 valence electrons. The van der Waals surface area contributed by atoms with Gasteiger partial charge >= 0.3 is 0 Å². The van der Waals surface area contributed by atoms with Crippen molar-refractivity contribution in [3.63, 3.8) is 0 Å². The highest BCUT2D eigenvalue weighted by atomic mass is 16.2. The van der Waals surface area contributed by atoms with Gasteiger partial charge in [0.15, 0.2) is 0 Å². The molecule has 0 saturated carbocycles. The van der Waals surface area contributed by atoms with Crippen LogP contribution in [-0.2, 0) is 11.2 Å². The summed E-state index contributed by atoms with van der Waals surface area (Å²) in [5, 5.41) is 0. The van der Waals surface area contributed by atoms with Crippen molar-refractivity contribution in [1.29, 1.82) is 0 Å². The summed E-state index contributed by atoms with van der Waals surface area (Å²) in [7, 11) is 0. The van der Waals surface area contributed by atoms with E-state index in [1.54, 1.807) is 6.92 Å². The van der Waals surface area contributed by atoms with Crippen LogP contribution in [0.25, 0.3) is 0 Å². The number of hydrogen-bond donors (Lipinski definition) is 1. The van der Waals surface area contributed by atoms with Gasteiger partial charge in [0.25, 0.3) is 0 Å². The summed E-state index contributed by atoms with van der Waals surface area (Å²) >= 11 is 0. The molecule has 3 nitrogen and oxygen atoms in total. The van der Waals surface area contributed by atoms with Crippen LogP contribution in [0, 0.1) is 6.92 Å². The molecule has 1 aromatic carbocycles. The maximum atomic E-state index is 12.0. The molecule has 1 amide bonds. The Hall–Kier alpha value is -1.35. The first-order valence-corrected chi connectivity index (χ1v) is 5.76. The maximum absolute atomic E-state index is 12.0. The molecule has 0 fully saturated rings. The van der Waals surface area contributed by atoms with Crippen molar-refractivity contribution in [3.8, 4) is 0 Å². The number of nitrogens with zero attached hydrogens (tertiary/aromatic N) is 1. The first kappa shape index (κ1) is 11.1. The van der Waals surface area contributed by atoms with Crippen LogP contribution >= 0.6 is 0 Å². The van der Waals surface area contributed by atoms with E-state index in [-0.39, 0.29) is 5.91 Å². The highest BCUT2D eigenvalue weighted by Gasteiger charge is 2.24. The van der Waals surface area contributed by atoms with Gasteiger partial charge in [-0.15, -0.1) is 0 Å². The third-order valence-corrected chi connectivity index (χ3v) is 3.01. The second kappa shape index (κ2) is 4.26. The normalized spacial score (nSPS) is 16.8. The fourth-order valence-electron chi connectivity index (χ4n) is 2.16. The van der Waals surface area contributed by atoms with Gasteiger partial charge in [-0.2, -0.15) is 0 Å². The molecule has 0 aliphatic carbocycles. The van der Waals surface area contributed by atoms with E-state index >= 15 is 0 Å². The molecule has 0 spiro atoms. The molecule has 2 rings (SSSR count). The molecule has 16 heavy (non-hydrogen) atoms. The number of benzene rings is 1. The molecule has 1 aliphatic rings. The van der Waals surface area contributed by atoms with Gasteiger partial charge in [0, 0.05) is 12.2 Å². The summed E-state index contributed by atoms with van der Waals surface area (Å²) in [5.74, 6) is 0.0200. The van der Waals surface area contributed by atoms with Crippen LogP contribution in [0.5, 0.6) is 0 Å². The van der Waals surface area contributed by atoms with Gasteiger partial charge in [-0.1, -0.05) is 12.1 Å². The minimum absolute atomic E-state index is 0.0200. The number of fused-ring (bicyclic) bond motifs is 1. The Kier molecular flexibility index (Phi) is 2.97. The molecule has 0 radical (unpaired) electrons. The van der Waals surface area contributed by atoms with Gasteiger partial charge in [-0.25, -0.2) is 0 Å². The molecule has 0 unspecified atom stereocenters. The van der Waals surface area contributed by atoms with Gasteiger partial charge in [-0.3, -0.25) is 4.79 Å². The van der Waals surface area contributed by atoms with Crippen LogP contribution in [0.1, 0.15) is 24.5 Å². The third kappa shape index (κ3) is 1.95. The van der Waals surface area contributed by atoms with E-state index in [4.69, 9.17) is 5.73 Å². The number of carbonyl (C=O) groups excluding carboxylic acids is 1. The lowest BCUT2D eigenvalue weighted by Gasteiger charge is -2.31. The second-order valence-corrected chi connectivity index (χ2v) is 4.51. The average molecular weight is 218 g/mol. The summed E-state index contributed by atoms with van der Waals surface area (Å²) < 4.78 is 0. The fraction of sp³-hybridized carbons (Fsp3) is 0.462. The monoisotopic (exact) mass is 218 g/mol. The molecule has 2 N–H and O–H groups in total. The Labute approximate surface area is 96.2 Å². The van der Waals surface area contributed by atoms with Gasteiger partial charge in [0.2, 0.25) is 5.91 Å². The topological polar surface area (TPSA) is 46.3 Å². The number of rotatable bonds is 1. The van der Waals surface area contributed by atoms with Crippen molar-refractivity contribution >= 4 is 11.6 Å². The summed E-state index contributed by atoms with van der Waals surface area (Å²) in [5.41, 5.74) is 9.16. The molecule has 1 heterocycles. The summed E-state index contributed by atoms with van der Waals surface area (Å²) in [4.78, 5) is 13.8. The fourth-order valence-corrected chi connectivity index (χ4v) is 2.16. The molecule has 3 heteroatoms. The van der Waals surface area contributed by atoms with Gasteiger partial charge in [0.05, 0.1) is 6.04 Å². The van der Waals surface area contributed by atoms with Crippen molar-refractivity contribution < 1.29 is 4.79 Å². The number of anilines is 1. The molecule has 0 saturated heterocycles. The summed E-state index contributed by atoms with van der Waals surface area (Å²) in [6.07, 6.45) is 2.08. The highest BCUT2D eigenvalue weighted by molar-refractivity contribution is 5.97. The maximum Gasteiger partial charge on any atom is 0.243 e. The number of nitrogens with two attached hydrogens (primary N) is 1. The van der Waals surface area contributed by atoms with Crippen LogP contribution in [0.4, 0.5) is 5.69 Å². The molecular weight excluding hydrogens is 200 g/mol. The first-order chi connectivity index (χ1) is 7.59. The van der Waals surface area contributed by atoms with Crippen molar-refractivity contribution in [2.24, 2.45) is 5.73 Å². The highest BCUT2D eigenvalue weighted by Crippen LogP contribution is 2.28. The minimum Gasteiger partial charge on any atom is -0.320 e. The molecule has 0 bridgehead atoms. The van der Waals surface area contributed by atoms with Gasteiger partial charge < -0.3 is 10.6 Å². The van der Waals surface area contributed by atoms with E-state index in [1.165, 1.54) is 11.1 Å². The summed E-state index contributed by atoms with van der Waals surface area (Å²) in [6.45, 7) is 4.58. The lowest BCUT2D eigenvalue weighted by molar-refractivity contribution is -0.119. The zero-order valence-electron chi connectivity index (χ0n) is 9.86. The number of hydrogen-bond acceptors (Lipinski definition) is 2. The summed E-state index contributed by atoms with van der Waals surface area (Å²) in [6, 6.07) is 5.87. The Morgan fingerprint density at radius 1 is 1.50 bits per heavy atom. The standard InChI is InChI=1S/C13H18N2O/c1-9-5-6-11-4-3-7-15(12(11)8-9)13(16)10(2)14/h5-6,8,10H,3-4,7,14H2,1-2H3/t10-/m0/s1. The van der Waals surface area contributed by atoms with Crippen LogP contribution in [0.15, 0.2) is 18.2 Å². The third-order valence-electron chi connectivity index (χ3n) is 3.01. The first-order valence-electron chi connectivity index (χ1n) is 5.76. The minimum atomic E-state index is -0.425. The van der Waals surface area contributed by atoms with Crippen molar-refractivity contribution in [1.82, 2.24) is 0 Å². The Bertz CT molecular complexity index is 412. The number of carbonyl (C=O) groups is 1. The lowest BCUT2D eigenvalue weighted by atomic mass is 9.99. The lowest BCUT2D eigenvalue weighted by Crippen LogP contribution is -2.44. The average Bonchev–Trinajstić information content (AvgIpc) is 2.27. The van der Waals surface area contributed by atoms with Crippen LogP contribution < -0.4 is 10.6 Å². The van der Waals surface area contributed by atoms with Gasteiger partial charge in [0.1, 0.15) is 0 Å². The zero-order chi connectivity index (χ0) is 11.7. The molecule has 1 atom stereocenters. The van der Waals surface area contributed by atoms with E-state index in [0.717, 1.165) is 25.1 Å². The molecule has 0 aromatic heterocycles. The molecule has 1 aliphatic heterocycles. The molecule has 1 aromatic rings. The smallest absolute Gasteiger partial charge is 0.243 e. The van der Waals surface area contributed by atoms with Crippen LogP contribution in [0.3, 0.4) is 0 Å². The SMILES string of the molecule is Cc1ccc2c(c1)N(C(=O)[C@H](C)N)CCC2. The van der Waals surface area contributed by atoms with Crippen molar-refractivity contribution in [2.75, 3.05) is 11.4 Å². The second-order valence-electron chi connectivity index (χ2n) is 4.51. The Morgan fingerprint density at radius 3 is 2.94 bits per heavy atom. The van der Waals surface area contributed by atoms with E-state index in [0.29, 0.717) is 0 Å². The van der Waals surface area contributed by atoms with Crippen molar-refractivity contribution in [2.45, 2.75) is 32.7 Å². The van der Waals surface area contributed by atoms with E-state index < -0.39 is 6.04 Å². The number of amides is 1.